The SMILES string of the molecule is CC1CCCC(CN2C(=O)C(C)(C3CC3)NC(=O)C2C)C1. The molecule has 1 N–H and O–H groups in total. The zero-order valence-electron chi connectivity index (χ0n) is 13.5. The topological polar surface area (TPSA) is 49.4 Å². The van der Waals surface area contributed by atoms with E-state index >= 15 is 0 Å². The molecule has 118 valence electrons. The Labute approximate surface area is 127 Å². The van der Waals surface area contributed by atoms with Crippen LogP contribution in [0.4, 0.5) is 0 Å². The molecular weight excluding hydrogens is 264 g/mol. The van der Waals surface area contributed by atoms with E-state index in [4.69, 9.17) is 0 Å². The first-order valence-corrected chi connectivity index (χ1v) is 8.55. The Kier molecular flexibility index (Phi) is 3.74. The highest BCUT2D eigenvalue weighted by Gasteiger charge is 2.54. The van der Waals surface area contributed by atoms with E-state index in [1.54, 1.807) is 0 Å². The molecule has 3 aliphatic rings. The molecule has 4 unspecified atom stereocenters. The fraction of sp³-hybridized carbons (Fsp3) is 0.882. The smallest absolute Gasteiger partial charge is 0.249 e. The van der Waals surface area contributed by atoms with Crippen LogP contribution in [0.5, 0.6) is 0 Å². The molecule has 0 bridgehead atoms. The summed E-state index contributed by atoms with van der Waals surface area (Å²) >= 11 is 0. The maximum atomic E-state index is 13.0. The number of nitrogens with zero attached hydrogens (tertiary/aromatic N) is 1. The second-order valence-corrected chi connectivity index (χ2v) is 7.74. The molecule has 2 aliphatic carbocycles. The second kappa shape index (κ2) is 5.29. The summed E-state index contributed by atoms with van der Waals surface area (Å²) < 4.78 is 0. The third-order valence-electron chi connectivity index (χ3n) is 5.83. The van der Waals surface area contributed by atoms with Crippen LogP contribution in [0, 0.1) is 17.8 Å². The number of rotatable bonds is 3. The van der Waals surface area contributed by atoms with Crippen LogP contribution in [-0.2, 0) is 9.59 Å². The van der Waals surface area contributed by atoms with Crippen molar-refractivity contribution in [2.24, 2.45) is 17.8 Å². The zero-order chi connectivity index (χ0) is 15.2. The lowest BCUT2D eigenvalue weighted by Crippen LogP contribution is -2.70. The van der Waals surface area contributed by atoms with Crippen LogP contribution in [0.2, 0.25) is 0 Å². The van der Waals surface area contributed by atoms with E-state index in [2.05, 4.69) is 12.2 Å². The van der Waals surface area contributed by atoms with Crippen molar-refractivity contribution in [1.29, 1.82) is 0 Å². The normalized spacial score (nSPS) is 41.1. The highest BCUT2D eigenvalue weighted by atomic mass is 16.2. The number of hydrogen-bond acceptors (Lipinski definition) is 2. The average Bonchev–Trinajstić information content (AvgIpc) is 3.26. The van der Waals surface area contributed by atoms with E-state index in [0.717, 1.165) is 25.3 Å². The molecule has 1 saturated heterocycles. The first kappa shape index (κ1) is 14.9. The van der Waals surface area contributed by atoms with Gasteiger partial charge >= 0.3 is 0 Å². The predicted molar refractivity (Wildman–Crippen MR) is 81.6 cm³/mol. The van der Waals surface area contributed by atoms with Crippen molar-refractivity contribution < 1.29 is 9.59 Å². The summed E-state index contributed by atoms with van der Waals surface area (Å²) in [5.41, 5.74) is -0.649. The second-order valence-electron chi connectivity index (χ2n) is 7.74. The summed E-state index contributed by atoms with van der Waals surface area (Å²) in [7, 11) is 0. The Hall–Kier alpha value is -1.06. The Morgan fingerprint density at radius 2 is 1.90 bits per heavy atom. The zero-order valence-corrected chi connectivity index (χ0v) is 13.5. The molecule has 2 saturated carbocycles. The van der Waals surface area contributed by atoms with Crippen molar-refractivity contribution in [1.82, 2.24) is 10.2 Å². The predicted octanol–water partition coefficient (Wildman–Crippen LogP) is 2.33. The number of carbonyl (C=O) groups is 2. The fourth-order valence-electron chi connectivity index (χ4n) is 4.21. The standard InChI is InChI=1S/C17H28N2O2/c1-11-5-4-6-13(9-11)10-19-12(2)15(20)18-17(3,16(19)21)14-7-8-14/h11-14H,4-10H2,1-3H3,(H,18,20). The van der Waals surface area contributed by atoms with Crippen LogP contribution < -0.4 is 5.32 Å². The van der Waals surface area contributed by atoms with Gasteiger partial charge in [0.25, 0.3) is 0 Å². The average molecular weight is 292 g/mol. The van der Waals surface area contributed by atoms with Gasteiger partial charge in [-0.2, -0.15) is 0 Å². The monoisotopic (exact) mass is 292 g/mol. The molecule has 2 amide bonds. The summed E-state index contributed by atoms with van der Waals surface area (Å²) in [6.07, 6.45) is 7.08. The van der Waals surface area contributed by atoms with Crippen molar-refractivity contribution in [2.75, 3.05) is 6.54 Å². The number of amides is 2. The van der Waals surface area contributed by atoms with E-state index in [0.29, 0.717) is 11.8 Å². The quantitative estimate of drug-likeness (QED) is 0.868. The molecule has 21 heavy (non-hydrogen) atoms. The molecule has 0 aromatic carbocycles. The van der Waals surface area contributed by atoms with Crippen LogP contribution in [-0.4, -0.2) is 34.8 Å². The van der Waals surface area contributed by atoms with Gasteiger partial charge in [-0.25, -0.2) is 0 Å². The minimum absolute atomic E-state index is 0.0212. The Morgan fingerprint density at radius 3 is 2.52 bits per heavy atom. The molecule has 3 fully saturated rings. The molecule has 0 aromatic heterocycles. The third-order valence-corrected chi connectivity index (χ3v) is 5.83. The summed E-state index contributed by atoms with van der Waals surface area (Å²) in [5.74, 6) is 1.83. The number of carbonyl (C=O) groups excluding carboxylic acids is 2. The lowest BCUT2D eigenvalue weighted by Gasteiger charge is -2.45. The van der Waals surface area contributed by atoms with Gasteiger partial charge in [-0.1, -0.05) is 19.8 Å². The largest absolute Gasteiger partial charge is 0.340 e. The van der Waals surface area contributed by atoms with Gasteiger partial charge in [-0.15, -0.1) is 0 Å². The Morgan fingerprint density at radius 1 is 1.19 bits per heavy atom. The van der Waals surface area contributed by atoms with Crippen molar-refractivity contribution in [2.45, 2.75) is 70.9 Å². The van der Waals surface area contributed by atoms with Crippen molar-refractivity contribution in [3.8, 4) is 0 Å². The molecule has 4 heteroatoms. The van der Waals surface area contributed by atoms with Crippen LogP contribution in [0.3, 0.4) is 0 Å². The molecule has 0 spiro atoms. The maximum absolute atomic E-state index is 13.0. The van der Waals surface area contributed by atoms with Gasteiger partial charge in [-0.05, 0) is 57.3 Å². The fourth-order valence-corrected chi connectivity index (χ4v) is 4.21. The van der Waals surface area contributed by atoms with Crippen molar-refractivity contribution in [3.05, 3.63) is 0 Å². The molecule has 0 aromatic rings. The molecule has 1 heterocycles. The lowest BCUT2D eigenvalue weighted by molar-refractivity contribution is -0.155. The van der Waals surface area contributed by atoms with Crippen LogP contribution >= 0.6 is 0 Å². The summed E-state index contributed by atoms with van der Waals surface area (Å²) in [5, 5.41) is 3.00. The number of nitrogens with one attached hydrogen (secondary N) is 1. The highest BCUT2D eigenvalue weighted by Crippen LogP contribution is 2.42. The van der Waals surface area contributed by atoms with E-state index in [1.165, 1.54) is 25.7 Å². The lowest BCUT2D eigenvalue weighted by atomic mass is 9.81. The van der Waals surface area contributed by atoms with Gasteiger partial charge in [-0.3, -0.25) is 9.59 Å². The van der Waals surface area contributed by atoms with Crippen LogP contribution in [0.25, 0.3) is 0 Å². The first-order chi connectivity index (χ1) is 9.91. The highest BCUT2D eigenvalue weighted by molar-refractivity contribution is 5.99. The Balaban J connectivity index is 1.74. The van der Waals surface area contributed by atoms with Gasteiger partial charge in [0, 0.05) is 6.54 Å². The molecule has 0 radical (unpaired) electrons. The molecule has 1 aliphatic heterocycles. The molecule has 4 nitrogen and oxygen atoms in total. The first-order valence-electron chi connectivity index (χ1n) is 8.55. The van der Waals surface area contributed by atoms with E-state index in [-0.39, 0.29) is 17.9 Å². The van der Waals surface area contributed by atoms with Crippen molar-refractivity contribution in [3.63, 3.8) is 0 Å². The number of piperazine rings is 1. The van der Waals surface area contributed by atoms with E-state index in [1.807, 2.05) is 18.7 Å². The summed E-state index contributed by atoms with van der Waals surface area (Å²) in [4.78, 5) is 27.1. The molecule has 4 atom stereocenters. The van der Waals surface area contributed by atoms with Gasteiger partial charge in [0.2, 0.25) is 11.8 Å². The van der Waals surface area contributed by atoms with Crippen LogP contribution in [0.15, 0.2) is 0 Å². The van der Waals surface area contributed by atoms with Gasteiger partial charge in [0.15, 0.2) is 0 Å². The van der Waals surface area contributed by atoms with E-state index in [9.17, 15) is 9.59 Å². The van der Waals surface area contributed by atoms with Gasteiger partial charge in [0.05, 0.1) is 0 Å². The maximum Gasteiger partial charge on any atom is 0.249 e. The van der Waals surface area contributed by atoms with Crippen LogP contribution in [0.1, 0.15) is 59.3 Å². The Bertz CT molecular complexity index is 446. The van der Waals surface area contributed by atoms with E-state index < -0.39 is 5.54 Å². The summed E-state index contributed by atoms with van der Waals surface area (Å²) in [6.45, 7) is 6.86. The van der Waals surface area contributed by atoms with Gasteiger partial charge < -0.3 is 10.2 Å². The third kappa shape index (κ3) is 2.69. The van der Waals surface area contributed by atoms with Gasteiger partial charge in [0.1, 0.15) is 11.6 Å². The number of hydrogen-bond donors (Lipinski definition) is 1. The minimum Gasteiger partial charge on any atom is -0.340 e. The minimum atomic E-state index is -0.649. The summed E-state index contributed by atoms with van der Waals surface area (Å²) in [6, 6.07) is -0.318. The van der Waals surface area contributed by atoms with Crippen molar-refractivity contribution >= 4 is 11.8 Å². The molecular formula is C17H28N2O2. The molecule has 3 rings (SSSR count).